The maximum Gasteiger partial charge on any atom is 0.389 e. The predicted molar refractivity (Wildman–Crippen MR) is 65.8 cm³/mol. The molecule has 1 N–H and O–H groups in total. The minimum absolute atomic E-state index is 0.187. The Morgan fingerprint density at radius 3 is 2.47 bits per heavy atom. The molecule has 1 rings (SSSR count). The van der Waals surface area contributed by atoms with Crippen molar-refractivity contribution in [2.24, 2.45) is 0 Å². The second kappa shape index (κ2) is 7.01. The van der Waals surface area contributed by atoms with Gasteiger partial charge in [-0.15, -0.1) is 0 Å². The number of halogens is 4. The van der Waals surface area contributed by atoms with Crippen molar-refractivity contribution < 1.29 is 13.2 Å². The van der Waals surface area contributed by atoms with Crippen LogP contribution in [0.15, 0.2) is 28.7 Å². The fourth-order valence-electron chi connectivity index (χ4n) is 1.44. The molecule has 1 aromatic rings. The van der Waals surface area contributed by atoms with E-state index in [2.05, 4.69) is 21.2 Å². The van der Waals surface area contributed by atoms with Crippen molar-refractivity contribution in [1.29, 1.82) is 0 Å². The van der Waals surface area contributed by atoms with Gasteiger partial charge in [-0.2, -0.15) is 13.2 Å². The summed E-state index contributed by atoms with van der Waals surface area (Å²) in [5, 5.41) is 3.13. The van der Waals surface area contributed by atoms with Crippen LogP contribution in [0.3, 0.4) is 0 Å². The van der Waals surface area contributed by atoms with Crippen LogP contribution in [0.1, 0.15) is 24.8 Å². The first-order valence-electron chi connectivity index (χ1n) is 5.50. The lowest BCUT2D eigenvalue weighted by molar-refractivity contribution is -0.135. The van der Waals surface area contributed by atoms with E-state index in [1.54, 1.807) is 0 Å². The largest absolute Gasteiger partial charge is 0.389 e. The number of nitrogens with one attached hydrogen (secondary N) is 1. The molecule has 0 unspecified atom stereocenters. The van der Waals surface area contributed by atoms with Gasteiger partial charge in [-0.25, -0.2) is 0 Å². The lowest BCUT2D eigenvalue weighted by atomic mass is 10.2. The molecule has 0 heterocycles. The van der Waals surface area contributed by atoms with Crippen LogP contribution in [0, 0.1) is 0 Å². The van der Waals surface area contributed by atoms with Gasteiger partial charge < -0.3 is 5.32 Å². The van der Waals surface area contributed by atoms with E-state index in [1.807, 2.05) is 24.3 Å². The second-order valence-electron chi connectivity index (χ2n) is 3.84. The molecule has 96 valence electrons. The third kappa shape index (κ3) is 6.68. The first-order chi connectivity index (χ1) is 7.99. The molecule has 0 fully saturated rings. The zero-order valence-corrected chi connectivity index (χ0v) is 10.9. The highest BCUT2D eigenvalue weighted by Crippen LogP contribution is 2.22. The van der Waals surface area contributed by atoms with E-state index in [4.69, 9.17) is 0 Å². The molecule has 1 nitrogen and oxygen atoms in total. The fourth-order valence-corrected chi connectivity index (χ4v) is 1.87. The van der Waals surface area contributed by atoms with Crippen LogP contribution in [-0.4, -0.2) is 12.7 Å². The first-order valence-corrected chi connectivity index (χ1v) is 6.29. The average molecular weight is 310 g/mol. The van der Waals surface area contributed by atoms with Gasteiger partial charge in [0.25, 0.3) is 0 Å². The highest BCUT2D eigenvalue weighted by molar-refractivity contribution is 9.10. The summed E-state index contributed by atoms with van der Waals surface area (Å²) in [5.74, 6) is 0. The number of rotatable bonds is 6. The SMILES string of the molecule is FC(F)(F)CCCCNCc1ccccc1Br. The Kier molecular flexibility index (Phi) is 5.98. The summed E-state index contributed by atoms with van der Waals surface area (Å²) < 4.78 is 36.6. The van der Waals surface area contributed by atoms with E-state index in [0.717, 1.165) is 10.0 Å². The van der Waals surface area contributed by atoms with Gasteiger partial charge in [0.2, 0.25) is 0 Å². The minimum Gasteiger partial charge on any atom is -0.313 e. The van der Waals surface area contributed by atoms with Crippen LogP contribution in [0.4, 0.5) is 13.2 Å². The Bertz CT molecular complexity index is 339. The Balaban J connectivity index is 2.11. The van der Waals surface area contributed by atoms with Crippen LogP contribution in [-0.2, 0) is 6.54 Å². The van der Waals surface area contributed by atoms with Crippen molar-refractivity contribution in [2.45, 2.75) is 32.0 Å². The molecular weight excluding hydrogens is 295 g/mol. The van der Waals surface area contributed by atoms with E-state index >= 15 is 0 Å². The molecule has 0 atom stereocenters. The first kappa shape index (κ1) is 14.5. The van der Waals surface area contributed by atoms with Crippen molar-refractivity contribution >= 4 is 15.9 Å². The van der Waals surface area contributed by atoms with Crippen LogP contribution in [0.5, 0.6) is 0 Å². The molecule has 17 heavy (non-hydrogen) atoms. The standard InChI is InChI=1S/C12H15BrF3N/c13-11-6-2-1-5-10(11)9-17-8-4-3-7-12(14,15)16/h1-2,5-6,17H,3-4,7-9H2. The fraction of sp³-hybridized carbons (Fsp3) is 0.500. The van der Waals surface area contributed by atoms with Crippen molar-refractivity contribution in [3.63, 3.8) is 0 Å². The van der Waals surface area contributed by atoms with Gasteiger partial charge in [-0.1, -0.05) is 34.1 Å². The lowest BCUT2D eigenvalue weighted by Crippen LogP contribution is -2.16. The molecule has 0 radical (unpaired) electrons. The second-order valence-corrected chi connectivity index (χ2v) is 4.69. The summed E-state index contributed by atoms with van der Waals surface area (Å²) in [6.07, 6.45) is -3.98. The third-order valence-electron chi connectivity index (χ3n) is 2.34. The lowest BCUT2D eigenvalue weighted by Gasteiger charge is -2.08. The van der Waals surface area contributed by atoms with Gasteiger partial charge in [-0.05, 0) is 31.0 Å². The molecular formula is C12H15BrF3N. The van der Waals surface area contributed by atoms with Crippen molar-refractivity contribution in [3.05, 3.63) is 34.3 Å². The summed E-state index contributed by atoms with van der Waals surface area (Å²) in [6.45, 7) is 1.28. The van der Waals surface area contributed by atoms with Gasteiger partial charge in [0.15, 0.2) is 0 Å². The summed E-state index contributed by atoms with van der Waals surface area (Å²) in [4.78, 5) is 0. The molecule has 0 amide bonds. The van der Waals surface area contributed by atoms with Crippen LogP contribution < -0.4 is 5.32 Å². The normalized spacial score (nSPS) is 11.8. The Morgan fingerprint density at radius 1 is 1.12 bits per heavy atom. The van der Waals surface area contributed by atoms with E-state index in [9.17, 15) is 13.2 Å². The third-order valence-corrected chi connectivity index (χ3v) is 3.11. The number of benzene rings is 1. The average Bonchev–Trinajstić information content (AvgIpc) is 2.24. The zero-order chi connectivity index (χ0) is 12.7. The van der Waals surface area contributed by atoms with E-state index in [0.29, 0.717) is 19.5 Å². The van der Waals surface area contributed by atoms with Crippen LogP contribution >= 0.6 is 15.9 Å². The zero-order valence-electron chi connectivity index (χ0n) is 9.36. The Labute approximate surface area is 108 Å². The summed E-state index contributed by atoms with van der Waals surface area (Å²) in [5.41, 5.74) is 1.11. The molecule has 0 saturated heterocycles. The van der Waals surface area contributed by atoms with Crippen LogP contribution in [0.2, 0.25) is 0 Å². The quantitative estimate of drug-likeness (QED) is 0.774. The monoisotopic (exact) mass is 309 g/mol. The molecule has 0 spiro atoms. The number of hydrogen-bond donors (Lipinski definition) is 1. The van der Waals surface area contributed by atoms with Crippen molar-refractivity contribution in [3.8, 4) is 0 Å². The topological polar surface area (TPSA) is 12.0 Å². The number of alkyl halides is 3. The number of hydrogen-bond acceptors (Lipinski definition) is 1. The summed E-state index contributed by atoms with van der Waals surface area (Å²) >= 11 is 3.42. The van der Waals surface area contributed by atoms with Crippen molar-refractivity contribution in [2.75, 3.05) is 6.54 Å². The van der Waals surface area contributed by atoms with Crippen molar-refractivity contribution in [1.82, 2.24) is 5.32 Å². The molecule has 0 bridgehead atoms. The minimum atomic E-state index is -4.03. The molecule has 0 aromatic heterocycles. The molecule has 0 saturated carbocycles. The molecule has 0 aliphatic heterocycles. The Hall–Kier alpha value is -0.550. The van der Waals surface area contributed by atoms with E-state index in [1.165, 1.54) is 0 Å². The molecule has 0 aliphatic carbocycles. The van der Waals surface area contributed by atoms with Gasteiger partial charge in [0.1, 0.15) is 0 Å². The van der Waals surface area contributed by atoms with Gasteiger partial charge >= 0.3 is 6.18 Å². The van der Waals surface area contributed by atoms with Gasteiger partial charge in [-0.3, -0.25) is 0 Å². The Morgan fingerprint density at radius 2 is 1.82 bits per heavy atom. The van der Waals surface area contributed by atoms with E-state index < -0.39 is 12.6 Å². The van der Waals surface area contributed by atoms with E-state index in [-0.39, 0.29) is 6.42 Å². The smallest absolute Gasteiger partial charge is 0.313 e. The maximum absolute atomic E-state index is 11.9. The highest BCUT2D eigenvalue weighted by Gasteiger charge is 2.25. The van der Waals surface area contributed by atoms with Gasteiger partial charge in [0, 0.05) is 17.4 Å². The van der Waals surface area contributed by atoms with Gasteiger partial charge in [0.05, 0.1) is 0 Å². The molecule has 0 aliphatic rings. The summed E-state index contributed by atoms with van der Waals surface area (Å²) in [7, 11) is 0. The molecule has 5 heteroatoms. The number of unbranched alkanes of at least 4 members (excludes halogenated alkanes) is 1. The predicted octanol–water partition coefficient (Wildman–Crippen LogP) is 4.27. The maximum atomic E-state index is 11.9. The highest BCUT2D eigenvalue weighted by atomic mass is 79.9. The summed E-state index contributed by atoms with van der Waals surface area (Å²) in [6, 6.07) is 7.79. The molecule has 1 aromatic carbocycles. The van der Waals surface area contributed by atoms with Crippen LogP contribution in [0.25, 0.3) is 0 Å².